The molecule has 0 aromatic rings. The first-order valence-corrected chi connectivity index (χ1v) is 11.4. The highest BCUT2D eigenvalue weighted by Gasteiger charge is 1.94. The van der Waals surface area contributed by atoms with Crippen LogP contribution in [0.4, 0.5) is 0 Å². The molecular formula is C18H36ClIO4. The molecule has 0 N–H and O–H groups in total. The lowest BCUT2D eigenvalue weighted by Gasteiger charge is -2.07. The van der Waals surface area contributed by atoms with Crippen molar-refractivity contribution in [2.45, 2.75) is 51.4 Å². The van der Waals surface area contributed by atoms with Gasteiger partial charge in [-0.1, -0.05) is 48.3 Å². The Morgan fingerprint density at radius 1 is 0.458 bits per heavy atom. The number of alkyl halides is 2. The molecule has 0 aromatic carbocycles. The first-order valence-electron chi connectivity index (χ1n) is 9.34. The summed E-state index contributed by atoms with van der Waals surface area (Å²) in [6, 6.07) is 0. The van der Waals surface area contributed by atoms with Crippen LogP contribution in [0, 0.1) is 0 Å². The molecule has 0 amide bonds. The number of rotatable bonds is 21. The zero-order valence-electron chi connectivity index (χ0n) is 15.1. The Hall–Kier alpha value is 0.860. The summed E-state index contributed by atoms with van der Waals surface area (Å²) in [5.41, 5.74) is 0. The molecule has 6 heteroatoms. The van der Waals surface area contributed by atoms with Gasteiger partial charge in [-0.3, -0.25) is 0 Å². The Labute approximate surface area is 167 Å². The maximum atomic E-state index is 5.62. The predicted molar refractivity (Wildman–Crippen MR) is 110 cm³/mol. The van der Waals surface area contributed by atoms with Crippen LogP contribution in [-0.2, 0) is 18.9 Å². The molecule has 0 aliphatic carbocycles. The van der Waals surface area contributed by atoms with Gasteiger partial charge in [0.15, 0.2) is 0 Å². The van der Waals surface area contributed by atoms with E-state index in [9.17, 15) is 0 Å². The average molecular weight is 479 g/mol. The molecule has 0 saturated carbocycles. The Kier molecular flexibility index (Phi) is 24.7. The molecule has 0 saturated heterocycles. The van der Waals surface area contributed by atoms with Crippen LogP contribution in [0.25, 0.3) is 0 Å². The molecule has 0 aliphatic rings. The molecule has 4 nitrogen and oxygen atoms in total. The molecule has 0 radical (unpaired) electrons. The van der Waals surface area contributed by atoms with Crippen LogP contribution in [0.3, 0.4) is 0 Å². The zero-order chi connectivity index (χ0) is 17.6. The SMILES string of the molecule is ClCCCCCCOCCOCCOCCOCCCCCCI. The highest BCUT2D eigenvalue weighted by atomic mass is 127. The lowest BCUT2D eigenvalue weighted by molar-refractivity contribution is -0.00247. The molecular weight excluding hydrogens is 443 g/mol. The largest absolute Gasteiger partial charge is 0.379 e. The quantitative estimate of drug-likeness (QED) is 0.134. The monoisotopic (exact) mass is 478 g/mol. The second kappa shape index (κ2) is 23.9. The van der Waals surface area contributed by atoms with Gasteiger partial charge in [-0.05, 0) is 30.1 Å². The van der Waals surface area contributed by atoms with E-state index in [4.69, 9.17) is 30.5 Å². The Balaban J connectivity index is 2.93. The minimum absolute atomic E-state index is 0.620. The third kappa shape index (κ3) is 22.9. The van der Waals surface area contributed by atoms with Crippen molar-refractivity contribution in [3.63, 3.8) is 0 Å². The summed E-state index contributed by atoms with van der Waals surface area (Å²) >= 11 is 8.05. The Morgan fingerprint density at radius 2 is 0.833 bits per heavy atom. The van der Waals surface area contributed by atoms with Crippen molar-refractivity contribution in [3.8, 4) is 0 Å². The molecule has 0 atom stereocenters. The Morgan fingerprint density at radius 3 is 1.25 bits per heavy atom. The van der Waals surface area contributed by atoms with Gasteiger partial charge in [0.1, 0.15) is 0 Å². The summed E-state index contributed by atoms with van der Waals surface area (Å²) in [7, 11) is 0. The van der Waals surface area contributed by atoms with Crippen LogP contribution >= 0.6 is 34.2 Å². The minimum atomic E-state index is 0.620. The number of ether oxygens (including phenoxy) is 4. The van der Waals surface area contributed by atoms with E-state index in [1.54, 1.807) is 0 Å². The summed E-state index contributed by atoms with van der Waals surface area (Å²) in [5.74, 6) is 0.766. The number of hydrogen-bond donors (Lipinski definition) is 0. The van der Waals surface area contributed by atoms with Crippen molar-refractivity contribution in [3.05, 3.63) is 0 Å². The van der Waals surface area contributed by atoms with Gasteiger partial charge in [-0.2, -0.15) is 0 Å². The van der Waals surface area contributed by atoms with Crippen molar-refractivity contribution in [1.82, 2.24) is 0 Å². The highest BCUT2D eigenvalue weighted by Crippen LogP contribution is 2.02. The maximum Gasteiger partial charge on any atom is 0.0701 e. The number of halogens is 2. The van der Waals surface area contributed by atoms with Gasteiger partial charge in [0, 0.05) is 19.1 Å². The third-order valence-corrected chi connectivity index (χ3v) is 4.49. The summed E-state index contributed by atoms with van der Waals surface area (Å²) in [6.07, 6.45) is 9.68. The van der Waals surface area contributed by atoms with E-state index in [-0.39, 0.29) is 0 Å². The minimum Gasteiger partial charge on any atom is -0.379 e. The second-order valence-corrected chi connectivity index (χ2v) is 7.11. The highest BCUT2D eigenvalue weighted by molar-refractivity contribution is 14.1. The average Bonchev–Trinajstić information content (AvgIpc) is 2.60. The Bertz CT molecular complexity index is 201. The maximum absolute atomic E-state index is 5.62. The molecule has 0 aliphatic heterocycles. The van der Waals surface area contributed by atoms with Crippen molar-refractivity contribution >= 4 is 34.2 Å². The van der Waals surface area contributed by atoms with E-state index in [2.05, 4.69) is 22.6 Å². The standard InChI is InChI=1S/C18H36ClIO4/c19-9-5-1-3-7-11-21-13-15-23-17-18-24-16-14-22-12-8-4-2-6-10-20/h1-18H2. The van der Waals surface area contributed by atoms with Crippen LogP contribution in [0.2, 0.25) is 0 Å². The molecule has 0 spiro atoms. The van der Waals surface area contributed by atoms with Gasteiger partial charge in [-0.15, -0.1) is 11.6 Å². The van der Waals surface area contributed by atoms with Crippen LogP contribution < -0.4 is 0 Å². The predicted octanol–water partition coefficient (Wildman–Crippen LogP) is 4.85. The van der Waals surface area contributed by atoms with Crippen LogP contribution in [0.5, 0.6) is 0 Å². The fourth-order valence-corrected chi connectivity index (χ4v) is 2.79. The van der Waals surface area contributed by atoms with E-state index in [1.165, 1.54) is 36.5 Å². The summed E-state index contributed by atoms with van der Waals surface area (Å²) in [4.78, 5) is 0. The van der Waals surface area contributed by atoms with Crippen molar-refractivity contribution in [1.29, 1.82) is 0 Å². The van der Waals surface area contributed by atoms with Gasteiger partial charge < -0.3 is 18.9 Å². The summed E-state index contributed by atoms with van der Waals surface area (Å²) < 4.78 is 23.2. The van der Waals surface area contributed by atoms with Gasteiger partial charge in [0.05, 0.1) is 39.6 Å². The lowest BCUT2D eigenvalue weighted by atomic mass is 10.2. The van der Waals surface area contributed by atoms with E-state index < -0.39 is 0 Å². The van der Waals surface area contributed by atoms with Crippen molar-refractivity contribution in [2.24, 2.45) is 0 Å². The van der Waals surface area contributed by atoms with E-state index in [0.29, 0.717) is 39.6 Å². The first-order chi connectivity index (χ1) is 11.9. The van der Waals surface area contributed by atoms with E-state index >= 15 is 0 Å². The van der Waals surface area contributed by atoms with Crippen molar-refractivity contribution < 1.29 is 18.9 Å². The summed E-state index contributed by atoms with van der Waals surface area (Å²) in [6.45, 7) is 5.54. The van der Waals surface area contributed by atoms with E-state index in [0.717, 1.165) is 38.4 Å². The number of unbranched alkanes of at least 4 members (excludes halogenated alkanes) is 6. The fraction of sp³-hybridized carbons (Fsp3) is 1.00. The number of hydrogen-bond acceptors (Lipinski definition) is 4. The topological polar surface area (TPSA) is 36.9 Å². The lowest BCUT2D eigenvalue weighted by Crippen LogP contribution is -2.12. The van der Waals surface area contributed by atoms with Gasteiger partial charge >= 0.3 is 0 Å². The van der Waals surface area contributed by atoms with E-state index in [1.807, 2.05) is 0 Å². The normalized spacial score (nSPS) is 11.2. The molecule has 0 heterocycles. The fourth-order valence-electron chi connectivity index (χ4n) is 2.07. The molecule has 0 bridgehead atoms. The van der Waals surface area contributed by atoms with Gasteiger partial charge in [-0.25, -0.2) is 0 Å². The molecule has 0 rings (SSSR count). The zero-order valence-corrected chi connectivity index (χ0v) is 18.0. The van der Waals surface area contributed by atoms with Crippen molar-refractivity contribution in [2.75, 3.05) is 63.2 Å². The van der Waals surface area contributed by atoms with Gasteiger partial charge in [0.2, 0.25) is 0 Å². The second-order valence-electron chi connectivity index (χ2n) is 5.66. The molecule has 0 aromatic heterocycles. The molecule has 24 heavy (non-hydrogen) atoms. The third-order valence-electron chi connectivity index (χ3n) is 3.46. The first kappa shape index (κ1) is 24.9. The van der Waals surface area contributed by atoms with Crippen LogP contribution in [0.1, 0.15) is 51.4 Å². The van der Waals surface area contributed by atoms with Crippen LogP contribution in [-0.4, -0.2) is 63.2 Å². The molecule has 0 unspecified atom stereocenters. The van der Waals surface area contributed by atoms with Crippen LogP contribution in [0.15, 0.2) is 0 Å². The summed E-state index contributed by atoms with van der Waals surface area (Å²) in [5, 5.41) is 0. The molecule has 146 valence electrons. The smallest absolute Gasteiger partial charge is 0.0701 e. The molecule has 0 fully saturated rings. The van der Waals surface area contributed by atoms with Gasteiger partial charge in [0.25, 0.3) is 0 Å².